The maximum atomic E-state index is 12.3. The Morgan fingerprint density at radius 3 is 1.15 bits per heavy atom. The van der Waals surface area contributed by atoms with E-state index in [9.17, 15) is 13.2 Å². The van der Waals surface area contributed by atoms with Gasteiger partial charge in [-0.1, -0.05) is 88.9 Å². The highest BCUT2D eigenvalue weighted by Crippen LogP contribution is 2.18. The van der Waals surface area contributed by atoms with Crippen LogP contribution in [0, 0.1) is 31.3 Å². The van der Waals surface area contributed by atoms with E-state index in [1.807, 2.05) is 105 Å². The molecule has 360 valence electrons. The fourth-order valence-electron chi connectivity index (χ4n) is 4.36. The van der Waals surface area contributed by atoms with Gasteiger partial charge < -0.3 is 55.3 Å². The molecule has 0 saturated carbocycles. The van der Waals surface area contributed by atoms with Crippen molar-refractivity contribution in [2.45, 2.75) is 13.8 Å². The van der Waals surface area contributed by atoms with Gasteiger partial charge in [0.05, 0.1) is 30.0 Å². The van der Waals surface area contributed by atoms with Gasteiger partial charge in [0.25, 0.3) is 0 Å². The van der Waals surface area contributed by atoms with E-state index in [0.717, 1.165) is 62.7 Å². The Balaban J connectivity index is 0.000000389. The zero-order valence-corrected chi connectivity index (χ0v) is 40.3. The monoisotopic (exact) mass is 988 g/mol. The van der Waals surface area contributed by atoms with Crippen LogP contribution < -0.4 is 55.3 Å². The van der Waals surface area contributed by atoms with Crippen LogP contribution >= 0.6 is 34.8 Å². The average molecular weight is 990 g/mol. The van der Waals surface area contributed by atoms with Crippen LogP contribution in [0.25, 0.3) is 0 Å². The van der Waals surface area contributed by atoms with Crippen molar-refractivity contribution in [2.75, 3.05) is 60.1 Å². The summed E-state index contributed by atoms with van der Waals surface area (Å²) >= 11 is 16.5. The molecular formula is C52H58Cl3F3N8O2. The highest BCUT2D eigenvalue weighted by atomic mass is 35.5. The second kappa shape index (κ2) is 33.0. The third-order valence-electron chi connectivity index (χ3n) is 8.14. The Labute approximate surface area is 412 Å². The van der Waals surface area contributed by atoms with Crippen LogP contribution in [0.2, 0.25) is 15.1 Å². The molecule has 0 aliphatic heterocycles. The molecule has 16 heteroatoms. The standard InChI is InChI=1S/2C7H9NO.2C7H9N.C6H5ClFN.2C6H6ClN.C6H5F2N/c1-9-7-4-2-6(8)3-5-7;1-9-7-4-2-3-6(8)5-7;1-6-2-4-7(8)5-3-6;1-6-4-2-3-5-7(6)8;7-5-3-4(9)1-2-6(5)8;7-5-1-3-6(8)4-2-5;7-5-3-1-2-4-6(5)8;7-5-2-1-4(9)3-6(5)8/h2*2-5H,8H2,1H3;2*2-5H,8H2,1H3;1-3H,9H2;2*1-4H,8H2;1-3H,9H2. The molecule has 0 atom stereocenters. The highest BCUT2D eigenvalue weighted by Gasteiger charge is 1.98. The summed E-state index contributed by atoms with van der Waals surface area (Å²) in [6.45, 7) is 4.04. The number of rotatable bonds is 2. The van der Waals surface area contributed by atoms with Crippen molar-refractivity contribution in [3.05, 3.63) is 226 Å². The van der Waals surface area contributed by atoms with Gasteiger partial charge in [0.15, 0.2) is 11.6 Å². The van der Waals surface area contributed by atoms with Gasteiger partial charge in [0, 0.05) is 50.9 Å². The SMILES string of the molecule is COc1ccc(N)cc1.COc1cccc(N)c1.Cc1ccc(N)cc1.Cc1ccccc1N.Nc1ccc(Cl)cc1.Nc1ccc(F)c(Cl)c1.Nc1ccc(F)c(F)c1.Nc1ccccc1Cl. The van der Waals surface area contributed by atoms with E-state index in [-0.39, 0.29) is 10.7 Å². The Bertz CT molecular complexity index is 2410. The fraction of sp³-hybridized carbons (Fsp3) is 0.0769. The summed E-state index contributed by atoms with van der Waals surface area (Å²) in [4.78, 5) is 0. The molecule has 10 nitrogen and oxygen atoms in total. The molecule has 0 fully saturated rings. The predicted molar refractivity (Wildman–Crippen MR) is 284 cm³/mol. The molecule has 0 aliphatic carbocycles. The summed E-state index contributed by atoms with van der Waals surface area (Å²) in [7, 11) is 3.25. The van der Waals surface area contributed by atoms with Gasteiger partial charge in [0.2, 0.25) is 0 Å². The van der Waals surface area contributed by atoms with Gasteiger partial charge in [-0.3, -0.25) is 0 Å². The lowest BCUT2D eigenvalue weighted by atomic mass is 10.2. The van der Waals surface area contributed by atoms with Crippen LogP contribution in [0.4, 0.5) is 58.7 Å². The van der Waals surface area contributed by atoms with Crippen LogP contribution in [0.15, 0.2) is 182 Å². The van der Waals surface area contributed by atoms with E-state index in [1.54, 1.807) is 68.8 Å². The Hall–Kier alpha value is -7.58. The van der Waals surface area contributed by atoms with Crippen molar-refractivity contribution in [3.63, 3.8) is 0 Å². The first-order valence-corrected chi connectivity index (χ1v) is 21.2. The smallest absolute Gasteiger partial charge is 0.160 e. The number of benzene rings is 8. The van der Waals surface area contributed by atoms with Crippen molar-refractivity contribution in [1.82, 2.24) is 0 Å². The minimum atomic E-state index is -0.907. The summed E-state index contributed by atoms with van der Waals surface area (Å²) in [6, 6.07) is 51.7. The Morgan fingerprint density at radius 2 is 0.794 bits per heavy atom. The minimum Gasteiger partial charge on any atom is -0.497 e. The van der Waals surface area contributed by atoms with E-state index in [1.165, 1.54) is 29.8 Å². The number of nitrogen functional groups attached to an aromatic ring is 8. The number of nitrogens with two attached hydrogens (primary N) is 8. The number of halogens is 6. The maximum Gasteiger partial charge on any atom is 0.160 e. The van der Waals surface area contributed by atoms with Crippen LogP contribution in [-0.2, 0) is 0 Å². The first-order valence-electron chi connectivity index (χ1n) is 20.1. The van der Waals surface area contributed by atoms with Crippen molar-refractivity contribution >= 4 is 80.3 Å². The zero-order chi connectivity index (χ0) is 51.0. The van der Waals surface area contributed by atoms with Crippen LogP contribution in [0.1, 0.15) is 11.1 Å². The quantitative estimate of drug-likeness (QED) is 0.0764. The number of hydrogen-bond donors (Lipinski definition) is 8. The molecule has 8 aromatic rings. The lowest BCUT2D eigenvalue weighted by Gasteiger charge is -1.97. The molecule has 0 heterocycles. The third-order valence-corrected chi connectivity index (χ3v) is 9.02. The molecule has 0 radical (unpaired) electrons. The molecular weight excluding hydrogens is 932 g/mol. The maximum absolute atomic E-state index is 12.3. The van der Waals surface area contributed by atoms with E-state index in [2.05, 4.69) is 0 Å². The average Bonchev–Trinajstić information content (AvgIpc) is 3.32. The second-order valence-electron chi connectivity index (χ2n) is 13.7. The summed E-state index contributed by atoms with van der Waals surface area (Å²) in [6.07, 6.45) is 0. The Kier molecular flexibility index (Phi) is 28.3. The number of hydrogen-bond acceptors (Lipinski definition) is 10. The molecule has 0 unspecified atom stereocenters. The van der Waals surface area contributed by atoms with E-state index in [4.69, 9.17) is 90.1 Å². The van der Waals surface area contributed by atoms with Crippen molar-refractivity contribution in [2.24, 2.45) is 0 Å². The van der Waals surface area contributed by atoms with Gasteiger partial charge in [-0.05, 0) is 147 Å². The van der Waals surface area contributed by atoms with Crippen molar-refractivity contribution in [3.8, 4) is 11.5 Å². The summed E-state index contributed by atoms with van der Waals surface area (Å²) < 4.78 is 46.3. The molecule has 0 aliphatic rings. The molecule has 0 saturated heterocycles. The lowest BCUT2D eigenvalue weighted by Crippen LogP contribution is -1.88. The molecule has 0 bridgehead atoms. The number of methoxy groups -OCH3 is 2. The van der Waals surface area contributed by atoms with E-state index < -0.39 is 17.5 Å². The number of anilines is 8. The zero-order valence-electron chi connectivity index (χ0n) is 38.0. The molecule has 68 heavy (non-hydrogen) atoms. The first-order chi connectivity index (χ1) is 32.2. The molecule has 0 amide bonds. The van der Waals surface area contributed by atoms with Gasteiger partial charge in [-0.25, -0.2) is 13.2 Å². The number of ether oxygens (including phenoxy) is 2. The minimum absolute atomic E-state index is 0.0648. The van der Waals surface area contributed by atoms with Gasteiger partial charge >= 0.3 is 0 Å². The second-order valence-corrected chi connectivity index (χ2v) is 15.0. The van der Waals surface area contributed by atoms with Crippen LogP contribution in [-0.4, -0.2) is 14.2 Å². The number of aryl methyl sites for hydroxylation is 2. The summed E-state index contributed by atoms with van der Waals surface area (Å²) in [5.74, 6) is -0.579. The van der Waals surface area contributed by atoms with Crippen LogP contribution in [0.5, 0.6) is 11.5 Å². The number of para-hydroxylation sites is 2. The van der Waals surface area contributed by atoms with E-state index >= 15 is 0 Å². The molecule has 8 aromatic carbocycles. The topological polar surface area (TPSA) is 227 Å². The molecule has 16 N–H and O–H groups in total. The van der Waals surface area contributed by atoms with Crippen molar-refractivity contribution in [1.29, 1.82) is 0 Å². The molecule has 0 aromatic heterocycles. The fourth-order valence-corrected chi connectivity index (χ4v) is 4.81. The van der Waals surface area contributed by atoms with Crippen LogP contribution in [0.3, 0.4) is 0 Å². The molecule has 8 rings (SSSR count). The summed E-state index contributed by atoms with van der Waals surface area (Å²) in [5.41, 5.74) is 50.6. The third kappa shape index (κ3) is 27.0. The first kappa shape index (κ1) is 58.4. The predicted octanol–water partition coefficient (Wildman–Crippen LogP) is 13.2. The van der Waals surface area contributed by atoms with Crippen molar-refractivity contribution < 1.29 is 22.6 Å². The highest BCUT2D eigenvalue weighted by molar-refractivity contribution is 6.33. The lowest BCUT2D eigenvalue weighted by molar-refractivity contribution is 0.415. The van der Waals surface area contributed by atoms with Gasteiger partial charge in [-0.2, -0.15) is 0 Å². The van der Waals surface area contributed by atoms with Gasteiger partial charge in [0.1, 0.15) is 17.3 Å². The normalized spacial score (nSPS) is 9.21. The van der Waals surface area contributed by atoms with E-state index in [0.29, 0.717) is 16.4 Å². The molecule has 0 spiro atoms. The Morgan fingerprint density at radius 1 is 0.353 bits per heavy atom. The largest absolute Gasteiger partial charge is 0.497 e. The van der Waals surface area contributed by atoms with Gasteiger partial charge in [-0.15, -0.1) is 0 Å². The summed E-state index contributed by atoms with van der Waals surface area (Å²) in [5, 5.41) is 1.40.